The lowest BCUT2D eigenvalue weighted by atomic mass is 10.1. The van der Waals surface area contributed by atoms with Crippen LogP contribution in [0.2, 0.25) is 0 Å². The molecule has 0 amide bonds. The number of rotatable bonds is 3. The van der Waals surface area contributed by atoms with E-state index in [-0.39, 0.29) is 0 Å². The fourth-order valence-corrected chi connectivity index (χ4v) is 3.20. The standard InChI is InChI=1S/C10H18N4O2S/c1-12(2)17(15,16)13-8-4-10(5-9-13)14-7-3-6-11-14/h3,6-7,10H,4-5,8-9H2,1-2H3. The van der Waals surface area contributed by atoms with Gasteiger partial charge in [0.25, 0.3) is 10.2 Å². The Labute approximate surface area is 102 Å². The Morgan fingerprint density at radius 2 is 1.94 bits per heavy atom. The van der Waals surface area contributed by atoms with Crippen LogP contribution in [0.15, 0.2) is 18.5 Å². The predicted molar refractivity (Wildman–Crippen MR) is 64.7 cm³/mol. The third-order valence-corrected chi connectivity index (χ3v) is 5.05. The average molecular weight is 258 g/mol. The second-order valence-electron chi connectivity index (χ2n) is 4.41. The molecule has 0 N–H and O–H groups in total. The van der Waals surface area contributed by atoms with E-state index in [1.807, 2.05) is 16.9 Å². The van der Waals surface area contributed by atoms with Gasteiger partial charge in [0.05, 0.1) is 6.04 Å². The maximum absolute atomic E-state index is 11.9. The van der Waals surface area contributed by atoms with Gasteiger partial charge in [0, 0.05) is 39.6 Å². The maximum atomic E-state index is 11.9. The second kappa shape index (κ2) is 4.75. The average Bonchev–Trinajstić information content (AvgIpc) is 2.82. The van der Waals surface area contributed by atoms with Crippen LogP contribution >= 0.6 is 0 Å². The minimum Gasteiger partial charge on any atom is -0.270 e. The van der Waals surface area contributed by atoms with E-state index in [9.17, 15) is 8.42 Å². The third-order valence-electron chi connectivity index (χ3n) is 3.11. The molecule has 1 aromatic rings. The summed E-state index contributed by atoms with van der Waals surface area (Å²) in [6.07, 6.45) is 5.31. The van der Waals surface area contributed by atoms with Gasteiger partial charge in [0.2, 0.25) is 0 Å². The zero-order valence-corrected chi connectivity index (χ0v) is 11.0. The van der Waals surface area contributed by atoms with Gasteiger partial charge in [-0.15, -0.1) is 0 Å². The van der Waals surface area contributed by atoms with Gasteiger partial charge in [0.15, 0.2) is 0 Å². The van der Waals surface area contributed by atoms with Crippen molar-refractivity contribution in [3.63, 3.8) is 0 Å². The second-order valence-corrected chi connectivity index (χ2v) is 6.55. The molecule has 2 heterocycles. The van der Waals surface area contributed by atoms with E-state index in [1.165, 1.54) is 8.61 Å². The maximum Gasteiger partial charge on any atom is 0.281 e. The zero-order valence-electron chi connectivity index (χ0n) is 10.2. The van der Waals surface area contributed by atoms with Gasteiger partial charge in [-0.05, 0) is 18.9 Å². The van der Waals surface area contributed by atoms with Crippen LogP contribution < -0.4 is 0 Å². The van der Waals surface area contributed by atoms with Gasteiger partial charge in [0.1, 0.15) is 0 Å². The molecule has 1 aliphatic heterocycles. The quantitative estimate of drug-likeness (QED) is 0.785. The minimum atomic E-state index is -3.26. The van der Waals surface area contributed by atoms with Crippen molar-refractivity contribution in [1.82, 2.24) is 18.4 Å². The summed E-state index contributed by atoms with van der Waals surface area (Å²) in [5.41, 5.74) is 0. The summed E-state index contributed by atoms with van der Waals surface area (Å²) in [6.45, 7) is 1.12. The lowest BCUT2D eigenvalue weighted by molar-refractivity contribution is 0.252. The van der Waals surface area contributed by atoms with E-state index in [4.69, 9.17) is 0 Å². The molecule has 17 heavy (non-hydrogen) atoms. The van der Waals surface area contributed by atoms with E-state index >= 15 is 0 Å². The smallest absolute Gasteiger partial charge is 0.270 e. The molecule has 0 unspecified atom stereocenters. The SMILES string of the molecule is CN(C)S(=O)(=O)N1CCC(n2cccn2)CC1. The van der Waals surface area contributed by atoms with Crippen LogP contribution in [-0.4, -0.2) is 54.0 Å². The highest BCUT2D eigenvalue weighted by atomic mass is 32.2. The Balaban J connectivity index is 1.99. The van der Waals surface area contributed by atoms with Crippen molar-refractivity contribution in [1.29, 1.82) is 0 Å². The van der Waals surface area contributed by atoms with Gasteiger partial charge in [-0.25, -0.2) is 0 Å². The highest BCUT2D eigenvalue weighted by molar-refractivity contribution is 7.86. The molecule has 1 fully saturated rings. The van der Waals surface area contributed by atoms with E-state index in [0.29, 0.717) is 19.1 Å². The molecule has 0 bridgehead atoms. The van der Waals surface area contributed by atoms with Crippen LogP contribution in [0, 0.1) is 0 Å². The molecular weight excluding hydrogens is 240 g/mol. The summed E-state index contributed by atoms with van der Waals surface area (Å²) >= 11 is 0. The largest absolute Gasteiger partial charge is 0.281 e. The van der Waals surface area contributed by atoms with Crippen molar-refractivity contribution < 1.29 is 8.42 Å². The van der Waals surface area contributed by atoms with E-state index in [1.54, 1.807) is 20.3 Å². The van der Waals surface area contributed by atoms with Gasteiger partial charge in [-0.2, -0.15) is 22.1 Å². The highest BCUT2D eigenvalue weighted by Crippen LogP contribution is 2.23. The van der Waals surface area contributed by atoms with Crippen molar-refractivity contribution in [2.24, 2.45) is 0 Å². The van der Waals surface area contributed by atoms with E-state index in [0.717, 1.165) is 12.8 Å². The lowest BCUT2D eigenvalue weighted by Gasteiger charge is -2.32. The Hall–Kier alpha value is -0.920. The fraction of sp³-hybridized carbons (Fsp3) is 0.700. The molecule has 6 nitrogen and oxygen atoms in total. The molecule has 0 saturated carbocycles. The minimum absolute atomic E-state index is 0.318. The first-order valence-electron chi connectivity index (χ1n) is 5.68. The molecular formula is C10H18N4O2S. The molecule has 0 spiro atoms. The van der Waals surface area contributed by atoms with E-state index < -0.39 is 10.2 Å². The van der Waals surface area contributed by atoms with Crippen LogP contribution in [0.5, 0.6) is 0 Å². The molecule has 7 heteroatoms. The predicted octanol–water partition coefficient (Wildman–Crippen LogP) is 0.326. The summed E-state index contributed by atoms with van der Waals surface area (Å²) in [6, 6.07) is 2.21. The van der Waals surface area contributed by atoms with Crippen molar-refractivity contribution in [2.75, 3.05) is 27.2 Å². The molecule has 1 saturated heterocycles. The van der Waals surface area contributed by atoms with Crippen LogP contribution in [0.25, 0.3) is 0 Å². The van der Waals surface area contributed by atoms with Gasteiger partial charge < -0.3 is 0 Å². The van der Waals surface area contributed by atoms with Crippen molar-refractivity contribution in [2.45, 2.75) is 18.9 Å². The van der Waals surface area contributed by atoms with Gasteiger partial charge in [-0.3, -0.25) is 4.68 Å². The number of hydrogen-bond donors (Lipinski definition) is 0. The third kappa shape index (κ3) is 2.51. The molecule has 1 aliphatic rings. The first-order chi connectivity index (χ1) is 8.01. The molecule has 0 atom stereocenters. The molecule has 1 aromatic heterocycles. The summed E-state index contributed by atoms with van der Waals surface area (Å²) in [5.74, 6) is 0. The monoisotopic (exact) mass is 258 g/mol. The number of nitrogens with zero attached hydrogens (tertiary/aromatic N) is 4. The topological polar surface area (TPSA) is 58.4 Å². The van der Waals surface area contributed by atoms with Crippen molar-refractivity contribution in [3.8, 4) is 0 Å². The van der Waals surface area contributed by atoms with E-state index in [2.05, 4.69) is 5.10 Å². The summed E-state index contributed by atoms with van der Waals surface area (Å²) < 4.78 is 28.5. The van der Waals surface area contributed by atoms with Gasteiger partial charge >= 0.3 is 0 Å². The van der Waals surface area contributed by atoms with Crippen LogP contribution in [0.1, 0.15) is 18.9 Å². The Morgan fingerprint density at radius 1 is 1.29 bits per heavy atom. The molecule has 0 radical (unpaired) electrons. The van der Waals surface area contributed by atoms with Crippen molar-refractivity contribution >= 4 is 10.2 Å². The van der Waals surface area contributed by atoms with Crippen LogP contribution in [-0.2, 0) is 10.2 Å². The van der Waals surface area contributed by atoms with Crippen LogP contribution in [0.4, 0.5) is 0 Å². The number of aromatic nitrogens is 2. The first kappa shape index (κ1) is 12.5. The lowest BCUT2D eigenvalue weighted by Crippen LogP contribution is -2.44. The fourth-order valence-electron chi connectivity index (χ4n) is 2.06. The Kier molecular flexibility index (Phi) is 3.50. The summed E-state index contributed by atoms with van der Waals surface area (Å²) in [4.78, 5) is 0. The molecule has 2 rings (SSSR count). The summed E-state index contributed by atoms with van der Waals surface area (Å²) in [7, 11) is -0.126. The molecule has 0 aromatic carbocycles. The number of piperidine rings is 1. The highest BCUT2D eigenvalue weighted by Gasteiger charge is 2.30. The Bertz CT molecular complexity index is 447. The molecule has 96 valence electrons. The van der Waals surface area contributed by atoms with Crippen LogP contribution in [0.3, 0.4) is 0 Å². The zero-order chi connectivity index (χ0) is 12.5. The van der Waals surface area contributed by atoms with Gasteiger partial charge in [-0.1, -0.05) is 0 Å². The Morgan fingerprint density at radius 3 is 2.41 bits per heavy atom. The summed E-state index contributed by atoms with van der Waals surface area (Å²) in [5, 5.41) is 4.20. The molecule has 0 aliphatic carbocycles. The number of hydrogen-bond acceptors (Lipinski definition) is 3. The first-order valence-corrected chi connectivity index (χ1v) is 7.08. The van der Waals surface area contributed by atoms with Crippen molar-refractivity contribution in [3.05, 3.63) is 18.5 Å². The normalized spacial score (nSPS) is 19.9.